The van der Waals surface area contributed by atoms with Crippen molar-refractivity contribution in [3.63, 3.8) is 0 Å². The van der Waals surface area contributed by atoms with Gasteiger partial charge in [0.2, 0.25) is 0 Å². The molecule has 0 fully saturated rings. The van der Waals surface area contributed by atoms with Crippen LogP contribution in [-0.2, 0) is 16.0 Å². The summed E-state index contributed by atoms with van der Waals surface area (Å²) in [6, 6.07) is 2.16. The van der Waals surface area contributed by atoms with E-state index in [1.54, 1.807) is 0 Å². The maximum atomic E-state index is 13.8. The molecule has 110 valence electrons. The fourth-order valence-corrected chi connectivity index (χ4v) is 2.51. The molecular weight excluding hydrogens is 264 g/mol. The number of carbonyl (C=O) groups excluding carboxylic acids is 1. The Balaban J connectivity index is 1.92. The molecule has 0 saturated heterocycles. The topological polar surface area (TPSA) is 38.3 Å². The van der Waals surface area contributed by atoms with Crippen molar-refractivity contribution in [3.8, 4) is 0 Å². The minimum absolute atomic E-state index is 0.307. The lowest BCUT2D eigenvalue weighted by Gasteiger charge is -2.14. The van der Waals surface area contributed by atoms with Crippen LogP contribution >= 0.6 is 0 Å². The van der Waals surface area contributed by atoms with Gasteiger partial charge in [0.15, 0.2) is 0 Å². The van der Waals surface area contributed by atoms with E-state index >= 15 is 0 Å². The predicted octanol–water partition coefficient (Wildman–Crippen LogP) is 2.89. The molecule has 1 aliphatic carbocycles. The van der Waals surface area contributed by atoms with Crippen LogP contribution in [0.25, 0.3) is 0 Å². The monoisotopic (exact) mass is 283 g/mol. The molecule has 0 radical (unpaired) electrons. The molecule has 1 aliphatic rings. The molecule has 2 rings (SSSR count). The summed E-state index contributed by atoms with van der Waals surface area (Å²) in [5.41, 5.74) is 0.944. The third kappa shape index (κ3) is 3.54. The minimum Gasteiger partial charge on any atom is -0.457 e. The Kier molecular flexibility index (Phi) is 5.06. The first-order valence-corrected chi connectivity index (χ1v) is 6.99. The lowest BCUT2D eigenvalue weighted by atomic mass is 10.1. The smallest absolute Gasteiger partial charge is 0.306 e. The molecule has 1 N–H and O–H groups in total. The zero-order chi connectivity index (χ0) is 14.5. The summed E-state index contributed by atoms with van der Waals surface area (Å²) in [6.45, 7) is 3.62. The molecule has 1 aromatic rings. The third-order valence-corrected chi connectivity index (χ3v) is 3.44. The van der Waals surface area contributed by atoms with Gasteiger partial charge in [0.1, 0.15) is 17.7 Å². The van der Waals surface area contributed by atoms with E-state index in [-0.39, 0.29) is 5.97 Å². The summed E-state index contributed by atoms with van der Waals surface area (Å²) >= 11 is 0. The van der Waals surface area contributed by atoms with Gasteiger partial charge >= 0.3 is 5.97 Å². The average molecular weight is 283 g/mol. The molecule has 1 atom stereocenters. The Labute approximate surface area is 117 Å². The zero-order valence-corrected chi connectivity index (χ0v) is 11.5. The highest BCUT2D eigenvalue weighted by Gasteiger charge is 2.29. The van der Waals surface area contributed by atoms with Crippen molar-refractivity contribution >= 4 is 5.97 Å². The summed E-state index contributed by atoms with van der Waals surface area (Å²) in [6.07, 6.45) is 1.49. The molecule has 1 unspecified atom stereocenters. The summed E-state index contributed by atoms with van der Waals surface area (Å²) in [7, 11) is 0. The van der Waals surface area contributed by atoms with Gasteiger partial charge in [0, 0.05) is 18.1 Å². The first-order valence-electron chi connectivity index (χ1n) is 6.99. The van der Waals surface area contributed by atoms with Gasteiger partial charge in [-0.05, 0) is 44.0 Å². The molecule has 0 saturated carbocycles. The van der Waals surface area contributed by atoms with Crippen molar-refractivity contribution in [2.24, 2.45) is 0 Å². The van der Waals surface area contributed by atoms with Gasteiger partial charge in [-0.3, -0.25) is 4.79 Å². The van der Waals surface area contributed by atoms with Crippen LogP contribution in [0.5, 0.6) is 0 Å². The van der Waals surface area contributed by atoms with E-state index in [9.17, 15) is 13.6 Å². The van der Waals surface area contributed by atoms with Crippen LogP contribution in [0.1, 0.15) is 43.4 Å². The highest BCUT2D eigenvalue weighted by atomic mass is 19.1. The van der Waals surface area contributed by atoms with Gasteiger partial charge in [-0.15, -0.1) is 0 Å². The number of nitrogens with one attached hydrogen (secondary N) is 1. The third-order valence-electron chi connectivity index (χ3n) is 3.44. The summed E-state index contributed by atoms with van der Waals surface area (Å²) in [5, 5.41) is 3.12. The van der Waals surface area contributed by atoms with Crippen molar-refractivity contribution in [1.29, 1.82) is 0 Å². The predicted molar refractivity (Wildman–Crippen MR) is 71.3 cm³/mol. The Bertz CT molecular complexity index is 491. The van der Waals surface area contributed by atoms with E-state index < -0.39 is 17.7 Å². The largest absolute Gasteiger partial charge is 0.457 e. The quantitative estimate of drug-likeness (QED) is 0.644. The SMILES string of the molecule is CCNCCCC(=O)OC1CCc2cc(F)cc(F)c21. The highest BCUT2D eigenvalue weighted by Crippen LogP contribution is 2.36. The number of halogens is 2. The van der Waals surface area contributed by atoms with E-state index in [0.717, 1.165) is 19.2 Å². The lowest BCUT2D eigenvalue weighted by molar-refractivity contribution is -0.149. The summed E-state index contributed by atoms with van der Waals surface area (Å²) in [5.74, 6) is -1.54. The van der Waals surface area contributed by atoms with Crippen LogP contribution < -0.4 is 5.32 Å². The number of rotatable bonds is 6. The maximum absolute atomic E-state index is 13.8. The molecule has 5 heteroatoms. The molecule has 0 amide bonds. The molecule has 20 heavy (non-hydrogen) atoms. The first-order chi connectivity index (χ1) is 9.61. The van der Waals surface area contributed by atoms with Crippen molar-refractivity contribution in [2.75, 3.05) is 13.1 Å². The van der Waals surface area contributed by atoms with E-state index in [4.69, 9.17) is 4.74 Å². The normalized spacial score (nSPS) is 17.1. The number of carbonyl (C=O) groups is 1. The Hall–Kier alpha value is -1.49. The molecule has 0 heterocycles. The van der Waals surface area contributed by atoms with E-state index in [1.165, 1.54) is 6.07 Å². The maximum Gasteiger partial charge on any atom is 0.306 e. The van der Waals surface area contributed by atoms with Gasteiger partial charge < -0.3 is 10.1 Å². The standard InChI is InChI=1S/C15H19F2NO2/c1-2-18-7-3-4-14(19)20-13-6-5-10-8-11(16)9-12(17)15(10)13/h8-9,13,18H,2-7H2,1H3. The van der Waals surface area contributed by atoms with Gasteiger partial charge in [-0.1, -0.05) is 6.92 Å². The molecule has 1 aromatic carbocycles. The van der Waals surface area contributed by atoms with Crippen molar-refractivity contribution in [1.82, 2.24) is 5.32 Å². The Morgan fingerprint density at radius 2 is 2.25 bits per heavy atom. The number of hydrogen-bond acceptors (Lipinski definition) is 3. The lowest BCUT2D eigenvalue weighted by Crippen LogP contribution is -2.16. The van der Waals surface area contributed by atoms with Crippen LogP contribution in [0, 0.1) is 11.6 Å². The van der Waals surface area contributed by atoms with Crippen LogP contribution in [0.4, 0.5) is 8.78 Å². The second-order valence-corrected chi connectivity index (χ2v) is 4.93. The minimum atomic E-state index is -0.622. The fraction of sp³-hybridized carbons (Fsp3) is 0.533. The Morgan fingerprint density at radius 3 is 3.00 bits per heavy atom. The Morgan fingerprint density at radius 1 is 1.45 bits per heavy atom. The first kappa shape index (κ1) is 14.9. The number of fused-ring (bicyclic) bond motifs is 1. The molecule has 3 nitrogen and oxygen atoms in total. The van der Waals surface area contributed by atoms with Gasteiger partial charge in [0.05, 0.1) is 0 Å². The van der Waals surface area contributed by atoms with Crippen LogP contribution in [0.2, 0.25) is 0 Å². The zero-order valence-electron chi connectivity index (χ0n) is 11.5. The average Bonchev–Trinajstić information content (AvgIpc) is 2.77. The van der Waals surface area contributed by atoms with Crippen LogP contribution in [0.3, 0.4) is 0 Å². The number of aryl methyl sites for hydroxylation is 1. The molecule has 0 spiro atoms. The van der Waals surface area contributed by atoms with Gasteiger partial charge in [0.25, 0.3) is 0 Å². The van der Waals surface area contributed by atoms with Crippen LogP contribution in [0.15, 0.2) is 12.1 Å². The fourth-order valence-electron chi connectivity index (χ4n) is 2.51. The van der Waals surface area contributed by atoms with Gasteiger partial charge in [-0.25, -0.2) is 8.78 Å². The second kappa shape index (κ2) is 6.79. The van der Waals surface area contributed by atoms with Crippen molar-refractivity contribution in [2.45, 2.75) is 38.7 Å². The van der Waals surface area contributed by atoms with E-state index in [2.05, 4.69) is 5.32 Å². The number of esters is 1. The molecule has 0 aliphatic heterocycles. The highest BCUT2D eigenvalue weighted by molar-refractivity contribution is 5.69. The van der Waals surface area contributed by atoms with Crippen LogP contribution in [-0.4, -0.2) is 19.1 Å². The van der Waals surface area contributed by atoms with E-state index in [0.29, 0.717) is 36.8 Å². The van der Waals surface area contributed by atoms with Gasteiger partial charge in [-0.2, -0.15) is 0 Å². The number of ether oxygens (including phenoxy) is 1. The number of benzene rings is 1. The summed E-state index contributed by atoms with van der Waals surface area (Å²) in [4.78, 5) is 11.7. The van der Waals surface area contributed by atoms with E-state index in [1.807, 2.05) is 6.92 Å². The van der Waals surface area contributed by atoms with Crippen molar-refractivity contribution < 1.29 is 18.3 Å². The van der Waals surface area contributed by atoms with Crippen molar-refractivity contribution in [3.05, 3.63) is 34.9 Å². The second-order valence-electron chi connectivity index (χ2n) is 4.93. The molecule has 0 aromatic heterocycles. The summed E-state index contributed by atoms with van der Waals surface area (Å²) < 4.78 is 32.2. The molecule has 0 bridgehead atoms. The molecular formula is C15H19F2NO2. The number of hydrogen-bond donors (Lipinski definition) is 1.